The van der Waals surface area contributed by atoms with Gasteiger partial charge >= 0.3 is 0 Å². The number of nitrogens with zero attached hydrogens (tertiary/aromatic N) is 2. The van der Waals surface area contributed by atoms with E-state index in [1.54, 1.807) is 0 Å². The van der Waals surface area contributed by atoms with Crippen molar-refractivity contribution in [3.8, 4) is 0 Å². The first-order valence-corrected chi connectivity index (χ1v) is 7.21. The first-order valence-electron chi connectivity index (χ1n) is 7.21. The summed E-state index contributed by atoms with van der Waals surface area (Å²) in [5, 5.41) is 3.72. The molecule has 98 valence electrons. The van der Waals surface area contributed by atoms with Crippen molar-refractivity contribution in [2.75, 3.05) is 11.4 Å². The predicted molar refractivity (Wildman–Crippen MR) is 75.0 cm³/mol. The van der Waals surface area contributed by atoms with E-state index in [1.165, 1.54) is 31.4 Å². The van der Waals surface area contributed by atoms with Gasteiger partial charge in [0.25, 0.3) is 0 Å². The van der Waals surface area contributed by atoms with Crippen molar-refractivity contribution in [2.24, 2.45) is 0 Å². The molecule has 0 spiro atoms. The van der Waals surface area contributed by atoms with E-state index in [9.17, 15) is 0 Å². The van der Waals surface area contributed by atoms with Gasteiger partial charge in [-0.1, -0.05) is 0 Å². The molecule has 3 rings (SSSR count). The zero-order chi connectivity index (χ0) is 12.5. The quantitative estimate of drug-likeness (QED) is 0.887. The van der Waals surface area contributed by atoms with Crippen molar-refractivity contribution in [1.29, 1.82) is 0 Å². The summed E-state index contributed by atoms with van der Waals surface area (Å²) < 4.78 is 0. The normalized spacial score (nSPS) is 30.4. The van der Waals surface area contributed by atoms with Crippen LogP contribution in [-0.4, -0.2) is 29.7 Å². The highest BCUT2D eigenvalue weighted by atomic mass is 15.2. The van der Waals surface area contributed by atoms with Gasteiger partial charge in [-0.05, 0) is 51.7 Å². The lowest BCUT2D eigenvalue weighted by molar-refractivity contribution is 0.349. The van der Waals surface area contributed by atoms with Crippen molar-refractivity contribution in [1.82, 2.24) is 10.3 Å². The van der Waals surface area contributed by atoms with E-state index < -0.39 is 0 Å². The molecule has 2 atom stereocenters. The Morgan fingerprint density at radius 2 is 2.06 bits per heavy atom. The summed E-state index contributed by atoms with van der Waals surface area (Å²) >= 11 is 0. The summed E-state index contributed by atoms with van der Waals surface area (Å²) in [6.07, 6.45) is 7.27. The van der Waals surface area contributed by atoms with Crippen LogP contribution in [0.1, 0.15) is 38.3 Å². The van der Waals surface area contributed by atoms with Gasteiger partial charge in [0, 0.05) is 42.2 Å². The smallest absolute Gasteiger partial charge is 0.0402 e. The fraction of sp³-hybridized carbons (Fsp3) is 0.667. The van der Waals surface area contributed by atoms with Crippen molar-refractivity contribution in [3.63, 3.8) is 0 Å². The van der Waals surface area contributed by atoms with Crippen LogP contribution < -0.4 is 10.2 Å². The van der Waals surface area contributed by atoms with Gasteiger partial charge in [-0.2, -0.15) is 0 Å². The SMILES string of the molecule is CCN(c1ccnc(C)c1)C1CC2CCC(C1)N2. The minimum atomic E-state index is 0.704. The molecule has 18 heavy (non-hydrogen) atoms. The Morgan fingerprint density at radius 1 is 1.33 bits per heavy atom. The highest BCUT2D eigenvalue weighted by molar-refractivity contribution is 5.47. The molecule has 2 aliphatic heterocycles. The number of nitrogens with one attached hydrogen (secondary N) is 1. The Bertz CT molecular complexity index is 406. The van der Waals surface area contributed by atoms with Crippen LogP contribution in [0.5, 0.6) is 0 Å². The average Bonchev–Trinajstić information content (AvgIpc) is 2.70. The molecule has 3 heterocycles. The lowest BCUT2D eigenvalue weighted by Gasteiger charge is -2.38. The number of aromatic nitrogens is 1. The van der Waals surface area contributed by atoms with Gasteiger partial charge in [-0.25, -0.2) is 0 Å². The second kappa shape index (κ2) is 4.88. The highest BCUT2D eigenvalue weighted by Crippen LogP contribution is 2.32. The van der Waals surface area contributed by atoms with E-state index in [0.29, 0.717) is 6.04 Å². The van der Waals surface area contributed by atoms with Gasteiger partial charge in [0.15, 0.2) is 0 Å². The number of rotatable bonds is 3. The third-order valence-corrected chi connectivity index (χ3v) is 4.44. The molecule has 2 unspecified atom stereocenters. The van der Waals surface area contributed by atoms with Crippen LogP contribution >= 0.6 is 0 Å². The molecule has 0 aliphatic carbocycles. The van der Waals surface area contributed by atoms with E-state index in [0.717, 1.165) is 24.3 Å². The molecule has 0 aromatic carbocycles. The second-order valence-corrected chi connectivity index (χ2v) is 5.70. The van der Waals surface area contributed by atoms with Gasteiger partial charge in [-0.3, -0.25) is 4.98 Å². The summed E-state index contributed by atoms with van der Waals surface area (Å²) in [4.78, 5) is 6.88. The number of pyridine rings is 1. The molecular weight excluding hydrogens is 222 g/mol. The molecule has 1 aromatic rings. The van der Waals surface area contributed by atoms with Crippen LogP contribution in [0.15, 0.2) is 18.3 Å². The van der Waals surface area contributed by atoms with Crippen LogP contribution in [0.3, 0.4) is 0 Å². The van der Waals surface area contributed by atoms with Crippen LogP contribution in [0.2, 0.25) is 0 Å². The zero-order valence-electron chi connectivity index (χ0n) is 11.4. The molecule has 0 radical (unpaired) electrons. The number of anilines is 1. The second-order valence-electron chi connectivity index (χ2n) is 5.70. The third kappa shape index (κ3) is 2.24. The fourth-order valence-corrected chi connectivity index (χ4v) is 3.64. The first kappa shape index (κ1) is 12.0. The van der Waals surface area contributed by atoms with Crippen LogP contribution in [-0.2, 0) is 0 Å². The Balaban J connectivity index is 1.80. The molecule has 0 amide bonds. The van der Waals surface area contributed by atoms with Crippen molar-refractivity contribution in [2.45, 2.75) is 57.7 Å². The van der Waals surface area contributed by atoms with Gasteiger partial charge in [0.05, 0.1) is 0 Å². The van der Waals surface area contributed by atoms with E-state index in [1.807, 2.05) is 6.20 Å². The molecule has 1 N–H and O–H groups in total. The predicted octanol–water partition coefficient (Wildman–Crippen LogP) is 2.50. The first-order chi connectivity index (χ1) is 8.76. The Labute approximate surface area is 110 Å². The monoisotopic (exact) mass is 245 g/mol. The Morgan fingerprint density at radius 3 is 2.67 bits per heavy atom. The van der Waals surface area contributed by atoms with Crippen LogP contribution in [0, 0.1) is 6.92 Å². The molecule has 2 aliphatic rings. The Kier molecular flexibility index (Phi) is 3.25. The topological polar surface area (TPSA) is 28.2 Å². The van der Waals surface area contributed by atoms with E-state index in [4.69, 9.17) is 0 Å². The van der Waals surface area contributed by atoms with Crippen LogP contribution in [0.4, 0.5) is 5.69 Å². The van der Waals surface area contributed by atoms with Gasteiger partial charge in [0.2, 0.25) is 0 Å². The number of piperidine rings is 1. The third-order valence-electron chi connectivity index (χ3n) is 4.44. The molecule has 2 bridgehead atoms. The standard InChI is InChI=1S/C15H23N3/c1-3-18(14-6-7-16-11(2)8-14)15-9-12-4-5-13(10-15)17-12/h6-8,12-13,15,17H,3-5,9-10H2,1-2H3. The van der Waals surface area contributed by atoms with E-state index >= 15 is 0 Å². The zero-order valence-corrected chi connectivity index (χ0v) is 11.4. The summed E-state index contributed by atoms with van der Waals surface area (Å²) in [6, 6.07) is 6.58. The fourth-order valence-electron chi connectivity index (χ4n) is 3.64. The van der Waals surface area contributed by atoms with Gasteiger partial charge in [0.1, 0.15) is 0 Å². The van der Waals surface area contributed by atoms with Crippen molar-refractivity contribution in [3.05, 3.63) is 24.0 Å². The number of aryl methyl sites for hydroxylation is 1. The summed E-state index contributed by atoms with van der Waals surface area (Å²) in [5.74, 6) is 0. The van der Waals surface area contributed by atoms with Gasteiger partial charge < -0.3 is 10.2 Å². The summed E-state index contributed by atoms with van der Waals surface area (Å²) in [6.45, 7) is 5.43. The highest BCUT2D eigenvalue weighted by Gasteiger charge is 2.35. The maximum Gasteiger partial charge on any atom is 0.0402 e. The number of hydrogen-bond donors (Lipinski definition) is 1. The minimum Gasteiger partial charge on any atom is -0.369 e. The molecule has 1 aromatic heterocycles. The van der Waals surface area contributed by atoms with Crippen molar-refractivity contribution >= 4 is 5.69 Å². The van der Waals surface area contributed by atoms with E-state index in [2.05, 4.69) is 41.2 Å². The lowest BCUT2D eigenvalue weighted by atomic mass is 9.97. The molecule has 2 fully saturated rings. The average molecular weight is 245 g/mol. The van der Waals surface area contributed by atoms with E-state index in [-0.39, 0.29) is 0 Å². The maximum atomic E-state index is 4.30. The molecule has 3 heteroatoms. The summed E-state index contributed by atoms with van der Waals surface area (Å²) in [7, 11) is 0. The Hall–Kier alpha value is -1.09. The van der Waals surface area contributed by atoms with Crippen molar-refractivity contribution < 1.29 is 0 Å². The number of fused-ring (bicyclic) bond motifs is 2. The molecule has 0 saturated carbocycles. The maximum absolute atomic E-state index is 4.30. The molecule has 2 saturated heterocycles. The van der Waals surface area contributed by atoms with Crippen LogP contribution in [0.25, 0.3) is 0 Å². The number of hydrogen-bond acceptors (Lipinski definition) is 3. The molecular formula is C15H23N3. The molecule has 3 nitrogen and oxygen atoms in total. The largest absolute Gasteiger partial charge is 0.369 e. The minimum absolute atomic E-state index is 0.704. The summed E-state index contributed by atoms with van der Waals surface area (Å²) in [5.41, 5.74) is 2.46. The lowest BCUT2D eigenvalue weighted by Crippen LogP contribution is -2.48. The van der Waals surface area contributed by atoms with Gasteiger partial charge in [-0.15, -0.1) is 0 Å².